The van der Waals surface area contributed by atoms with E-state index in [0.29, 0.717) is 54.1 Å². The molecule has 1 atom stereocenters. The van der Waals surface area contributed by atoms with Crippen molar-refractivity contribution >= 4 is 40.7 Å². The van der Waals surface area contributed by atoms with E-state index >= 15 is 0 Å². The molecule has 3 aromatic rings. The Labute approximate surface area is 228 Å². The maximum absolute atomic E-state index is 13.6. The maximum atomic E-state index is 13.6. The number of para-hydroxylation sites is 1. The summed E-state index contributed by atoms with van der Waals surface area (Å²) in [5.41, 5.74) is -1.08. The third-order valence-electron chi connectivity index (χ3n) is 7.34. The Hall–Kier alpha value is -3.07. The summed E-state index contributed by atoms with van der Waals surface area (Å²) < 4.78 is 26.6. The third kappa shape index (κ3) is 4.88. The predicted octanol–water partition coefficient (Wildman–Crippen LogP) is 5.90. The maximum Gasteiger partial charge on any atom is 0.281 e. The first-order valence-electron chi connectivity index (χ1n) is 12.3. The second-order valence-electron chi connectivity index (χ2n) is 9.73. The van der Waals surface area contributed by atoms with E-state index in [2.05, 4.69) is 10.3 Å². The number of pyridine rings is 1. The van der Waals surface area contributed by atoms with Crippen LogP contribution in [-0.4, -0.2) is 34.5 Å². The van der Waals surface area contributed by atoms with Crippen LogP contribution in [0.15, 0.2) is 60.8 Å². The number of carbonyl (C=O) groups is 2. The number of nitrogens with zero attached hydrogens (tertiary/aromatic N) is 2. The Morgan fingerprint density at radius 2 is 1.82 bits per heavy atom. The predicted molar refractivity (Wildman–Crippen MR) is 141 cm³/mol. The van der Waals surface area contributed by atoms with Gasteiger partial charge in [0.2, 0.25) is 0 Å². The van der Waals surface area contributed by atoms with Crippen LogP contribution < -0.4 is 10.2 Å². The van der Waals surface area contributed by atoms with E-state index < -0.39 is 29.5 Å². The van der Waals surface area contributed by atoms with Crippen molar-refractivity contribution in [1.29, 1.82) is 0 Å². The average molecular weight is 560 g/mol. The molecule has 0 radical (unpaired) electrons. The lowest BCUT2D eigenvalue weighted by Crippen LogP contribution is -2.44. The van der Waals surface area contributed by atoms with Crippen LogP contribution in [0.1, 0.15) is 59.3 Å². The molecule has 2 N–H and O–H groups in total. The molecule has 6 nitrogen and oxygen atoms in total. The number of amides is 2. The van der Waals surface area contributed by atoms with Crippen molar-refractivity contribution < 1.29 is 23.5 Å². The number of aromatic nitrogens is 1. The van der Waals surface area contributed by atoms with Gasteiger partial charge in [-0.1, -0.05) is 53.5 Å². The fourth-order valence-corrected chi connectivity index (χ4v) is 5.77. The van der Waals surface area contributed by atoms with Crippen LogP contribution in [0.2, 0.25) is 10.0 Å². The SMILES string of the molecule is O=C(NC1CCC(CN2C(=O)C(O)(c3cccc(Cl)c3)c3ccccc32)CC1)c1cc(Cl)cnc1C(F)F. The zero-order valence-corrected chi connectivity index (χ0v) is 21.7. The van der Waals surface area contributed by atoms with Crippen molar-refractivity contribution in [3.63, 3.8) is 0 Å². The van der Waals surface area contributed by atoms with Gasteiger partial charge in [-0.05, 0) is 61.4 Å². The molecule has 2 aliphatic rings. The minimum Gasteiger partial charge on any atom is -0.372 e. The monoisotopic (exact) mass is 559 g/mol. The molecule has 1 aromatic heterocycles. The Morgan fingerprint density at radius 3 is 2.53 bits per heavy atom. The van der Waals surface area contributed by atoms with Gasteiger partial charge < -0.3 is 15.3 Å². The normalized spacial score (nSPS) is 23.0. The highest BCUT2D eigenvalue weighted by molar-refractivity contribution is 6.31. The summed E-state index contributed by atoms with van der Waals surface area (Å²) in [5.74, 6) is -0.926. The van der Waals surface area contributed by atoms with Gasteiger partial charge in [-0.15, -0.1) is 0 Å². The minimum absolute atomic E-state index is 0.108. The van der Waals surface area contributed by atoms with E-state index in [-0.39, 0.29) is 22.5 Å². The Kier molecular flexibility index (Phi) is 7.40. The van der Waals surface area contributed by atoms with E-state index in [1.54, 1.807) is 41.3 Å². The van der Waals surface area contributed by atoms with Gasteiger partial charge in [0.05, 0.1) is 16.3 Å². The number of anilines is 1. The first kappa shape index (κ1) is 26.5. The molecule has 0 bridgehead atoms. The van der Waals surface area contributed by atoms with Crippen LogP contribution in [0.5, 0.6) is 0 Å². The van der Waals surface area contributed by atoms with Crippen molar-refractivity contribution in [2.45, 2.75) is 43.8 Å². The fraction of sp³-hybridized carbons (Fsp3) is 0.321. The number of alkyl halides is 2. The van der Waals surface area contributed by atoms with E-state index in [1.165, 1.54) is 6.07 Å². The number of halogens is 4. The highest BCUT2D eigenvalue weighted by Gasteiger charge is 2.51. The van der Waals surface area contributed by atoms with E-state index in [0.717, 1.165) is 6.20 Å². The molecule has 5 rings (SSSR count). The molecular weight excluding hydrogens is 535 g/mol. The van der Waals surface area contributed by atoms with Gasteiger partial charge >= 0.3 is 0 Å². The lowest BCUT2D eigenvalue weighted by atomic mass is 9.85. The van der Waals surface area contributed by atoms with Crippen molar-refractivity contribution in [2.24, 2.45) is 5.92 Å². The first-order chi connectivity index (χ1) is 18.2. The number of hydrogen-bond acceptors (Lipinski definition) is 4. The zero-order valence-electron chi connectivity index (χ0n) is 20.2. The smallest absolute Gasteiger partial charge is 0.281 e. The van der Waals surface area contributed by atoms with Gasteiger partial charge in [0.1, 0.15) is 5.69 Å². The number of rotatable bonds is 6. The topological polar surface area (TPSA) is 82.5 Å². The number of fused-ring (bicyclic) bond motifs is 1. The summed E-state index contributed by atoms with van der Waals surface area (Å²) >= 11 is 12.0. The Balaban J connectivity index is 1.27. The summed E-state index contributed by atoms with van der Waals surface area (Å²) in [6.45, 7) is 0.410. The molecular formula is C28H25Cl2F2N3O3. The van der Waals surface area contributed by atoms with Crippen LogP contribution in [0.4, 0.5) is 14.5 Å². The highest BCUT2D eigenvalue weighted by atomic mass is 35.5. The molecule has 1 aliphatic carbocycles. The van der Waals surface area contributed by atoms with Crippen LogP contribution in [0.25, 0.3) is 0 Å². The fourth-order valence-electron chi connectivity index (χ4n) is 5.42. The Bertz CT molecular complexity index is 1380. The summed E-state index contributed by atoms with van der Waals surface area (Å²) in [6.07, 6.45) is 0.864. The number of aliphatic hydroxyl groups is 1. The molecule has 1 saturated carbocycles. The van der Waals surface area contributed by atoms with E-state index in [9.17, 15) is 23.5 Å². The molecule has 1 fully saturated rings. The molecule has 1 unspecified atom stereocenters. The molecule has 1 aliphatic heterocycles. The van der Waals surface area contributed by atoms with Crippen LogP contribution in [-0.2, 0) is 10.4 Å². The summed E-state index contributed by atoms with van der Waals surface area (Å²) in [4.78, 5) is 31.6. The molecule has 10 heteroatoms. The number of carbonyl (C=O) groups excluding carboxylic acids is 2. The van der Waals surface area contributed by atoms with Gasteiger partial charge in [0, 0.05) is 29.4 Å². The largest absolute Gasteiger partial charge is 0.372 e. The van der Waals surface area contributed by atoms with Crippen molar-refractivity contribution in [3.8, 4) is 0 Å². The van der Waals surface area contributed by atoms with Crippen LogP contribution >= 0.6 is 23.2 Å². The zero-order chi connectivity index (χ0) is 27.0. The summed E-state index contributed by atoms with van der Waals surface area (Å²) in [5, 5.41) is 15.0. The second-order valence-corrected chi connectivity index (χ2v) is 10.6. The molecule has 2 aromatic carbocycles. The number of hydrogen-bond donors (Lipinski definition) is 2. The van der Waals surface area contributed by atoms with Gasteiger partial charge in [-0.25, -0.2) is 8.78 Å². The van der Waals surface area contributed by atoms with E-state index in [1.807, 2.05) is 12.1 Å². The van der Waals surface area contributed by atoms with Crippen LogP contribution in [0, 0.1) is 5.92 Å². The quantitative estimate of drug-likeness (QED) is 0.394. The van der Waals surface area contributed by atoms with Crippen molar-refractivity contribution in [2.75, 3.05) is 11.4 Å². The van der Waals surface area contributed by atoms with Gasteiger partial charge in [-0.3, -0.25) is 14.6 Å². The average Bonchev–Trinajstić information content (AvgIpc) is 3.12. The lowest BCUT2D eigenvalue weighted by molar-refractivity contribution is -0.132. The van der Waals surface area contributed by atoms with E-state index in [4.69, 9.17) is 23.2 Å². The van der Waals surface area contributed by atoms with Gasteiger partial charge in [-0.2, -0.15) is 0 Å². The first-order valence-corrected chi connectivity index (χ1v) is 13.1. The van der Waals surface area contributed by atoms with Crippen molar-refractivity contribution in [1.82, 2.24) is 10.3 Å². The molecule has 0 spiro atoms. The second kappa shape index (κ2) is 10.6. The van der Waals surface area contributed by atoms with Gasteiger partial charge in [0.25, 0.3) is 18.2 Å². The molecule has 0 saturated heterocycles. The van der Waals surface area contributed by atoms with Gasteiger partial charge in [0.15, 0.2) is 5.60 Å². The molecule has 2 amide bonds. The Morgan fingerprint density at radius 1 is 1.08 bits per heavy atom. The summed E-state index contributed by atoms with van der Waals surface area (Å²) in [7, 11) is 0. The third-order valence-corrected chi connectivity index (χ3v) is 7.78. The highest BCUT2D eigenvalue weighted by Crippen LogP contribution is 2.45. The molecule has 198 valence electrons. The summed E-state index contributed by atoms with van der Waals surface area (Å²) in [6, 6.07) is 14.9. The minimum atomic E-state index is -2.89. The molecule has 2 heterocycles. The van der Waals surface area contributed by atoms with Crippen molar-refractivity contribution in [3.05, 3.63) is 93.2 Å². The lowest BCUT2D eigenvalue weighted by Gasteiger charge is -2.32. The number of benzene rings is 2. The number of nitrogens with one attached hydrogen (secondary N) is 1. The molecule has 38 heavy (non-hydrogen) atoms. The standard InChI is InChI=1S/C28H25Cl2F2N3O3/c29-18-5-3-4-17(12-18)28(38)22-6-1-2-7-23(22)35(27(28)37)15-16-8-10-20(11-9-16)34-26(36)21-13-19(30)14-33-24(21)25(31)32/h1-7,12-14,16,20,25,38H,8-11,15H2,(H,34,36). The van der Waals surface area contributed by atoms with Crippen LogP contribution in [0.3, 0.4) is 0 Å².